The quantitative estimate of drug-likeness (QED) is 0.937. The van der Waals surface area contributed by atoms with Crippen LogP contribution >= 0.6 is 0 Å². The van der Waals surface area contributed by atoms with Crippen LogP contribution in [-0.4, -0.2) is 15.7 Å². The standard InChI is InChI=1S/C17H21N3O/c18-16(8-4-5-9-16)12-14-19-15(20-21-14)17(10-11-17)13-6-2-1-3-7-13/h1-3,6-7H,4-5,8-12,18H2. The van der Waals surface area contributed by atoms with Crippen LogP contribution in [0, 0.1) is 0 Å². The summed E-state index contributed by atoms with van der Waals surface area (Å²) in [6.45, 7) is 0. The Bertz CT molecular complexity index is 624. The van der Waals surface area contributed by atoms with Crippen molar-refractivity contribution >= 4 is 0 Å². The van der Waals surface area contributed by atoms with Crippen LogP contribution in [0.5, 0.6) is 0 Å². The molecule has 4 rings (SSSR count). The Hall–Kier alpha value is -1.68. The molecule has 2 fully saturated rings. The summed E-state index contributed by atoms with van der Waals surface area (Å²) in [4.78, 5) is 4.67. The van der Waals surface area contributed by atoms with Crippen LogP contribution in [0.1, 0.15) is 55.8 Å². The number of benzene rings is 1. The van der Waals surface area contributed by atoms with Crippen LogP contribution in [0.25, 0.3) is 0 Å². The summed E-state index contributed by atoms with van der Waals surface area (Å²) in [6.07, 6.45) is 7.47. The maximum absolute atomic E-state index is 6.41. The first-order chi connectivity index (χ1) is 10.2. The van der Waals surface area contributed by atoms with Gasteiger partial charge in [0.2, 0.25) is 5.89 Å². The molecule has 1 heterocycles. The Labute approximate surface area is 124 Å². The van der Waals surface area contributed by atoms with E-state index in [2.05, 4.69) is 34.4 Å². The van der Waals surface area contributed by atoms with Crippen LogP contribution in [0.15, 0.2) is 34.9 Å². The molecule has 0 radical (unpaired) electrons. The van der Waals surface area contributed by atoms with Gasteiger partial charge in [-0.25, -0.2) is 0 Å². The highest BCUT2D eigenvalue weighted by atomic mass is 16.5. The number of hydrogen-bond acceptors (Lipinski definition) is 4. The van der Waals surface area contributed by atoms with Crippen molar-refractivity contribution in [1.29, 1.82) is 0 Å². The fourth-order valence-electron chi connectivity index (χ4n) is 3.60. The average molecular weight is 283 g/mol. The normalized spacial score (nSPS) is 22.3. The molecule has 4 nitrogen and oxygen atoms in total. The van der Waals surface area contributed by atoms with Gasteiger partial charge in [0.25, 0.3) is 0 Å². The summed E-state index contributed by atoms with van der Waals surface area (Å²) in [5.74, 6) is 1.54. The van der Waals surface area contributed by atoms with Gasteiger partial charge < -0.3 is 10.3 Å². The highest BCUT2D eigenvalue weighted by Gasteiger charge is 2.50. The zero-order valence-electron chi connectivity index (χ0n) is 12.2. The Kier molecular flexibility index (Phi) is 2.89. The fourth-order valence-corrected chi connectivity index (χ4v) is 3.60. The number of hydrogen-bond donors (Lipinski definition) is 1. The minimum Gasteiger partial charge on any atom is -0.339 e. The molecule has 0 bridgehead atoms. The molecule has 0 unspecified atom stereocenters. The summed E-state index contributed by atoms with van der Waals surface area (Å²) in [5.41, 5.74) is 7.56. The Balaban J connectivity index is 1.57. The van der Waals surface area contributed by atoms with Crippen molar-refractivity contribution in [3.8, 4) is 0 Å². The molecule has 2 aromatic rings. The van der Waals surface area contributed by atoms with E-state index in [1.165, 1.54) is 18.4 Å². The molecule has 0 spiro atoms. The van der Waals surface area contributed by atoms with E-state index in [0.717, 1.165) is 31.5 Å². The van der Waals surface area contributed by atoms with Gasteiger partial charge in [-0.05, 0) is 31.2 Å². The average Bonchev–Trinajstić information content (AvgIpc) is 3.00. The van der Waals surface area contributed by atoms with Crippen molar-refractivity contribution < 1.29 is 4.52 Å². The predicted octanol–water partition coefficient (Wildman–Crippen LogP) is 2.96. The molecule has 21 heavy (non-hydrogen) atoms. The van der Waals surface area contributed by atoms with E-state index in [0.29, 0.717) is 12.3 Å². The fraction of sp³-hybridized carbons (Fsp3) is 0.529. The van der Waals surface area contributed by atoms with Gasteiger partial charge in [0.1, 0.15) is 0 Å². The SMILES string of the molecule is NC1(Cc2nc(C3(c4ccccc4)CC3)no2)CCCC1. The molecule has 4 heteroatoms. The van der Waals surface area contributed by atoms with Crippen molar-refractivity contribution in [2.45, 2.75) is 55.9 Å². The van der Waals surface area contributed by atoms with E-state index in [4.69, 9.17) is 10.3 Å². The van der Waals surface area contributed by atoms with Gasteiger partial charge >= 0.3 is 0 Å². The van der Waals surface area contributed by atoms with Gasteiger partial charge in [-0.2, -0.15) is 4.98 Å². The molecular weight excluding hydrogens is 262 g/mol. The first kappa shape index (κ1) is 13.0. The zero-order valence-corrected chi connectivity index (χ0v) is 12.2. The van der Waals surface area contributed by atoms with Crippen LogP contribution in [0.2, 0.25) is 0 Å². The summed E-state index contributed by atoms with van der Waals surface area (Å²) in [7, 11) is 0. The molecule has 2 aliphatic carbocycles. The lowest BCUT2D eigenvalue weighted by Crippen LogP contribution is -2.38. The van der Waals surface area contributed by atoms with Crippen molar-refractivity contribution in [2.24, 2.45) is 5.73 Å². The molecule has 2 N–H and O–H groups in total. The van der Waals surface area contributed by atoms with Crippen LogP contribution in [-0.2, 0) is 11.8 Å². The number of nitrogens with two attached hydrogens (primary N) is 1. The van der Waals surface area contributed by atoms with Gasteiger partial charge in [-0.3, -0.25) is 0 Å². The summed E-state index contributed by atoms with van der Waals surface area (Å²) in [5, 5.41) is 4.26. The number of rotatable bonds is 4. The van der Waals surface area contributed by atoms with Gasteiger partial charge in [-0.15, -0.1) is 0 Å². The van der Waals surface area contributed by atoms with Crippen molar-refractivity contribution in [3.63, 3.8) is 0 Å². The lowest BCUT2D eigenvalue weighted by Gasteiger charge is -2.20. The molecule has 2 aliphatic rings. The topological polar surface area (TPSA) is 64.9 Å². The number of aromatic nitrogens is 2. The van der Waals surface area contributed by atoms with E-state index in [9.17, 15) is 0 Å². The largest absolute Gasteiger partial charge is 0.339 e. The van der Waals surface area contributed by atoms with Gasteiger partial charge in [0.15, 0.2) is 5.82 Å². The minimum atomic E-state index is -0.132. The van der Waals surface area contributed by atoms with Gasteiger partial charge in [-0.1, -0.05) is 48.3 Å². The molecule has 0 amide bonds. The molecule has 2 saturated carbocycles. The smallest absolute Gasteiger partial charge is 0.228 e. The van der Waals surface area contributed by atoms with Gasteiger partial charge in [0.05, 0.1) is 5.41 Å². The first-order valence-corrected chi connectivity index (χ1v) is 7.88. The second-order valence-corrected chi connectivity index (χ2v) is 6.71. The van der Waals surface area contributed by atoms with Crippen LogP contribution in [0.4, 0.5) is 0 Å². The monoisotopic (exact) mass is 283 g/mol. The molecule has 110 valence electrons. The van der Waals surface area contributed by atoms with Crippen molar-refractivity contribution in [1.82, 2.24) is 10.1 Å². The third-order valence-corrected chi connectivity index (χ3v) is 5.08. The molecule has 0 saturated heterocycles. The summed E-state index contributed by atoms with van der Waals surface area (Å²) < 4.78 is 5.50. The van der Waals surface area contributed by atoms with E-state index >= 15 is 0 Å². The molecule has 0 aliphatic heterocycles. The summed E-state index contributed by atoms with van der Waals surface area (Å²) >= 11 is 0. The molecular formula is C17H21N3O. The van der Waals surface area contributed by atoms with E-state index < -0.39 is 0 Å². The highest BCUT2D eigenvalue weighted by Crippen LogP contribution is 2.52. The van der Waals surface area contributed by atoms with Crippen molar-refractivity contribution in [3.05, 3.63) is 47.6 Å². The second-order valence-electron chi connectivity index (χ2n) is 6.71. The Morgan fingerprint density at radius 1 is 1.05 bits per heavy atom. The molecule has 0 atom stereocenters. The Morgan fingerprint density at radius 3 is 2.43 bits per heavy atom. The number of nitrogens with zero attached hydrogens (tertiary/aromatic N) is 2. The van der Waals surface area contributed by atoms with E-state index in [1.54, 1.807) is 0 Å². The molecule has 1 aromatic heterocycles. The van der Waals surface area contributed by atoms with Crippen LogP contribution < -0.4 is 5.73 Å². The van der Waals surface area contributed by atoms with E-state index in [-0.39, 0.29) is 11.0 Å². The molecule has 1 aromatic carbocycles. The third kappa shape index (κ3) is 2.27. The minimum absolute atomic E-state index is 0.0134. The maximum atomic E-state index is 6.41. The van der Waals surface area contributed by atoms with Crippen LogP contribution in [0.3, 0.4) is 0 Å². The highest BCUT2D eigenvalue weighted by molar-refractivity contribution is 5.38. The summed E-state index contributed by atoms with van der Waals surface area (Å²) in [6, 6.07) is 10.5. The zero-order chi connectivity index (χ0) is 14.3. The lowest BCUT2D eigenvalue weighted by molar-refractivity contribution is 0.326. The first-order valence-electron chi connectivity index (χ1n) is 7.88. The van der Waals surface area contributed by atoms with Gasteiger partial charge in [0, 0.05) is 12.0 Å². The second kappa shape index (κ2) is 4.67. The maximum Gasteiger partial charge on any atom is 0.228 e. The third-order valence-electron chi connectivity index (χ3n) is 5.08. The van der Waals surface area contributed by atoms with Crippen molar-refractivity contribution in [2.75, 3.05) is 0 Å². The lowest BCUT2D eigenvalue weighted by atomic mass is 9.94. The Morgan fingerprint density at radius 2 is 1.76 bits per heavy atom. The van der Waals surface area contributed by atoms with E-state index in [1.807, 2.05) is 6.07 Å². The predicted molar refractivity (Wildman–Crippen MR) is 79.8 cm³/mol.